The third-order valence-electron chi connectivity index (χ3n) is 7.30. The number of aliphatic hydroxyl groups excluding tert-OH is 1. The second-order valence-corrected chi connectivity index (χ2v) is 9.81. The zero-order chi connectivity index (χ0) is 27.8. The van der Waals surface area contributed by atoms with Crippen molar-refractivity contribution in [3.63, 3.8) is 0 Å². The van der Waals surface area contributed by atoms with E-state index in [4.69, 9.17) is 4.74 Å². The fraction of sp³-hybridized carbons (Fsp3) is 0.500. The molecule has 0 unspecified atom stereocenters. The Bertz CT molecular complexity index is 1290. The van der Waals surface area contributed by atoms with Gasteiger partial charge in [0.2, 0.25) is 5.43 Å². The Balaban J connectivity index is 1.81. The summed E-state index contributed by atoms with van der Waals surface area (Å²) in [5.41, 5.74) is -3.80. The molecule has 2 amide bonds. The van der Waals surface area contributed by atoms with Crippen LogP contribution in [-0.2, 0) is 6.54 Å². The van der Waals surface area contributed by atoms with Crippen LogP contribution in [0.15, 0.2) is 23.1 Å². The van der Waals surface area contributed by atoms with Crippen LogP contribution in [0.2, 0.25) is 0 Å². The van der Waals surface area contributed by atoms with Crippen LogP contribution in [0.3, 0.4) is 0 Å². The smallest absolute Gasteiger partial charge is 0.274 e. The molecular formula is C26H30F3N3O6. The first kappa shape index (κ1) is 27.6. The van der Waals surface area contributed by atoms with Gasteiger partial charge >= 0.3 is 0 Å². The quantitative estimate of drug-likeness (QED) is 0.445. The van der Waals surface area contributed by atoms with Gasteiger partial charge in [-0.3, -0.25) is 14.4 Å². The monoisotopic (exact) mass is 537 g/mol. The number of ether oxygens (including phenoxy) is 1. The lowest BCUT2D eigenvalue weighted by Gasteiger charge is -2.42. The molecule has 1 saturated heterocycles. The van der Waals surface area contributed by atoms with Gasteiger partial charge < -0.3 is 29.7 Å². The van der Waals surface area contributed by atoms with Crippen LogP contribution < -0.4 is 15.5 Å². The number of nitrogens with zero attached hydrogens (tertiary/aromatic N) is 2. The second kappa shape index (κ2) is 10.8. The summed E-state index contributed by atoms with van der Waals surface area (Å²) in [5.74, 6) is -5.44. The molecular weight excluding hydrogens is 507 g/mol. The maximum Gasteiger partial charge on any atom is 0.274 e. The fourth-order valence-electron chi connectivity index (χ4n) is 4.95. The van der Waals surface area contributed by atoms with Gasteiger partial charge in [0.05, 0.1) is 19.3 Å². The Labute approximate surface area is 216 Å². The number of carbonyl (C=O) groups excluding carboxylic acids is 2. The molecule has 1 fully saturated rings. The molecule has 206 valence electrons. The summed E-state index contributed by atoms with van der Waals surface area (Å²) < 4.78 is 48.4. The lowest BCUT2D eigenvalue weighted by Crippen LogP contribution is -2.53. The minimum atomic E-state index is -1.66. The highest BCUT2D eigenvalue weighted by atomic mass is 19.1. The average Bonchev–Trinajstić information content (AvgIpc) is 2.98. The molecule has 38 heavy (non-hydrogen) atoms. The molecule has 0 saturated carbocycles. The van der Waals surface area contributed by atoms with E-state index < -0.39 is 70.6 Å². The van der Waals surface area contributed by atoms with Crippen molar-refractivity contribution in [3.05, 3.63) is 62.8 Å². The summed E-state index contributed by atoms with van der Waals surface area (Å²) in [4.78, 5) is 41.6. The number of unbranched alkanes of at least 4 members (excludes halogenated alkanes) is 1. The topological polar surface area (TPSA) is 121 Å². The highest BCUT2D eigenvalue weighted by Gasteiger charge is 2.49. The van der Waals surface area contributed by atoms with E-state index in [0.29, 0.717) is 25.0 Å². The number of hydrogen-bond donors (Lipinski definition) is 3. The van der Waals surface area contributed by atoms with Gasteiger partial charge in [-0.05, 0) is 26.2 Å². The van der Waals surface area contributed by atoms with Crippen molar-refractivity contribution >= 4 is 11.8 Å². The number of nitrogens with one attached hydrogen (secondary N) is 1. The van der Waals surface area contributed by atoms with E-state index in [1.54, 1.807) is 6.92 Å². The van der Waals surface area contributed by atoms with Crippen molar-refractivity contribution in [2.24, 2.45) is 0 Å². The van der Waals surface area contributed by atoms with Gasteiger partial charge in [0.1, 0.15) is 28.6 Å². The average molecular weight is 538 g/mol. The van der Waals surface area contributed by atoms with Crippen LogP contribution in [0.1, 0.15) is 72.0 Å². The summed E-state index contributed by atoms with van der Waals surface area (Å²) in [6.07, 6.45) is 2.93. The van der Waals surface area contributed by atoms with Crippen molar-refractivity contribution < 1.29 is 37.7 Å². The molecule has 4 rings (SSSR count). The summed E-state index contributed by atoms with van der Waals surface area (Å²) in [5, 5.41) is 23.7. The number of pyridine rings is 1. The van der Waals surface area contributed by atoms with Crippen LogP contribution in [0, 0.1) is 17.5 Å². The third kappa shape index (κ3) is 4.90. The van der Waals surface area contributed by atoms with Gasteiger partial charge in [0.25, 0.3) is 11.8 Å². The Morgan fingerprint density at radius 2 is 1.92 bits per heavy atom. The molecule has 0 aliphatic carbocycles. The van der Waals surface area contributed by atoms with Gasteiger partial charge in [-0.2, -0.15) is 0 Å². The minimum Gasteiger partial charge on any atom is -0.487 e. The highest BCUT2D eigenvalue weighted by molar-refractivity contribution is 5.99. The number of fused-ring (bicyclic) bond motifs is 4. The molecule has 2 aliphatic heterocycles. The fourth-order valence-corrected chi connectivity index (χ4v) is 4.95. The van der Waals surface area contributed by atoms with Gasteiger partial charge in [-0.15, -0.1) is 0 Å². The van der Waals surface area contributed by atoms with Crippen molar-refractivity contribution in [2.75, 3.05) is 19.8 Å². The van der Waals surface area contributed by atoms with Crippen LogP contribution in [0.4, 0.5) is 13.2 Å². The minimum absolute atomic E-state index is 0.0222. The van der Waals surface area contributed by atoms with E-state index in [-0.39, 0.29) is 37.1 Å². The number of benzene rings is 1. The molecule has 2 bridgehead atoms. The van der Waals surface area contributed by atoms with E-state index in [9.17, 15) is 37.8 Å². The number of aliphatic hydroxyl groups is 2. The Kier molecular flexibility index (Phi) is 7.84. The van der Waals surface area contributed by atoms with Crippen LogP contribution in [0.25, 0.3) is 0 Å². The van der Waals surface area contributed by atoms with Crippen LogP contribution in [-0.4, -0.2) is 62.9 Å². The van der Waals surface area contributed by atoms with Crippen molar-refractivity contribution in [1.82, 2.24) is 14.8 Å². The Morgan fingerprint density at radius 1 is 1.24 bits per heavy atom. The van der Waals surface area contributed by atoms with E-state index in [2.05, 4.69) is 5.32 Å². The predicted octanol–water partition coefficient (Wildman–Crippen LogP) is 2.28. The number of halogens is 3. The molecule has 9 nitrogen and oxygen atoms in total. The Hall–Kier alpha value is -3.38. The molecule has 3 atom stereocenters. The first-order valence-electron chi connectivity index (χ1n) is 12.5. The second-order valence-electron chi connectivity index (χ2n) is 9.81. The molecule has 0 radical (unpaired) electrons. The van der Waals surface area contributed by atoms with Gasteiger partial charge in [-0.1, -0.05) is 13.3 Å². The SMILES string of the molecule is CCCCOc1c2n(cc(C(=O)NCc3c(F)cc(F)cc3F)c1=O)[C@@H]1CN(C2=O)[C@@H](C)CC[C@@]1(O)CO. The zero-order valence-electron chi connectivity index (χ0n) is 21.1. The molecule has 2 aromatic rings. The van der Waals surface area contributed by atoms with Crippen LogP contribution in [0.5, 0.6) is 5.75 Å². The molecule has 1 aromatic heterocycles. The lowest BCUT2D eigenvalue weighted by molar-refractivity contribution is -0.0636. The lowest BCUT2D eigenvalue weighted by atomic mass is 9.89. The zero-order valence-corrected chi connectivity index (χ0v) is 21.1. The van der Waals surface area contributed by atoms with Gasteiger partial charge in [0, 0.05) is 43.0 Å². The third-order valence-corrected chi connectivity index (χ3v) is 7.30. The standard InChI is InChI=1S/C26H30F3N3O6/c1-3-4-7-38-23-21-25(36)31-12-20(26(37,13-33)6-5-14(31)2)32(21)11-17(22(23)34)24(35)30-10-16-18(28)8-15(27)9-19(16)29/h8-9,11,14,20,33,37H,3-7,10,12-13H2,1-2H3,(H,30,35)/t14-,20+,26+/m0/s1. The Morgan fingerprint density at radius 3 is 2.55 bits per heavy atom. The van der Waals surface area contributed by atoms with E-state index >= 15 is 0 Å². The van der Waals surface area contributed by atoms with Gasteiger partial charge in [-0.25, -0.2) is 13.2 Å². The van der Waals surface area contributed by atoms with Crippen molar-refractivity contribution in [1.29, 1.82) is 0 Å². The van der Waals surface area contributed by atoms with E-state index in [1.165, 1.54) is 9.47 Å². The van der Waals surface area contributed by atoms with Crippen molar-refractivity contribution in [2.45, 2.75) is 63.8 Å². The van der Waals surface area contributed by atoms with E-state index in [0.717, 1.165) is 12.6 Å². The predicted molar refractivity (Wildman–Crippen MR) is 129 cm³/mol. The highest BCUT2D eigenvalue weighted by Crippen LogP contribution is 2.40. The molecule has 2 aliphatic rings. The normalized spacial score (nSPS) is 22.6. The van der Waals surface area contributed by atoms with Gasteiger partial charge in [0.15, 0.2) is 11.4 Å². The van der Waals surface area contributed by atoms with E-state index in [1.807, 2.05) is 6.92 Å². The first-order chi connectivity index (χ1) is 18.0. The number of rotatable bonds is 8. The number of carbonyl (C=O) groups is 2. The largest absolute Gasteiger partial charge is 0.487 e. The molecule has 1 aromatic carbocycles. The maximum atomic E-state index is 14.1. The summed E-state index contributed by atoms with van der Waals surface area (Å²) in [6.45, 7) is 2.49. The van der Waals surface area contributed by atoms with Crippen molar-refractivity contribution in [3.8, 4) is 5.75 Å². The summed E-state index contributed by atoms with van der Waals surface area (Å²) in [6, 6.07) is -0.254. The summed E-state index contributed by atoms with van der Waals surface area (Å²) >= 11 is 0. The molecule has 3 heterocycles. The molecule has 12 heteroatoms. The number of hydrogen-bond acceptors (Lipinski definition) is 6. The maximum absolute atomic E-state index is 14.1. The summed E-state index contributed by atoms with van der Waals surface area (Å²) in [7, 11) is 0. The first-order valence-corrected chi connectivity index (χ1v) is 12.5. The van der Waals surface area contributed by atoms with Crippen LogP contribution >= 0.6 is 0 Å². The molecule has 3 N–H and O–H groups in total. The molecule has 0 spiro atoms. The number of amides is 2. The number of aromatic nitrogens is 1.